The molecule has 0 radical (unpaired) electrons. The second-order valence-electron chi connectivity index (χ2n) is 4.80. The fraction of sp³-hybridized carbons (Fsp3) is 0.429. The summed E-state index contributed by atoms with van der Waals surface area (Å²) < 4.78 is -1.17. The van der Waals surface area contributed by atoms with Gasteiger partial charge in [0.25, 0.3) is 5.91 Å². The molecule has 1 aliphatic heterocycles. The molecule has 1 aromatic carbocycles. The Morgan fingerprint density at radius 3 is 2.85 bits per heavy atom. The van der Waals surface area contributed by atoms with Crippen LogP contribution in [0.2, 0.25) is 0 Å². The van der Waals surface area contributed by atoms with Crippen molar-refractivity contribution in [3.63, 3.8) is 0 Å². The van der Waals surface area contributed by atoms with Gasteiger partial charge in [0.15, 0.2) is 4.75 Å². The summed E-state index contributed by atoms with van der Waals surface area (Å²) in [6.07, 6.45) is 0.479. The van der Waals surface area contributed by atoms with Gasteiger partial charge >= 0.3 is 0 Å². The third kappa shape index (κ3) is 2.53. The summed E-state index contributed by atoms with van der Waals surface area (Å²) in [4.78, 5) is 27.2. The van der Waals surface area contributed by atoms with Gasteiger partial charge in [0.1, 0.15) is 0 Å². The monoisotopic (exact) mass is 294 g/mol. The van der Waals surface area contributed by atoms with Crippen molar-refractivity contribution in [3.8, 4) is 0 Å². The van der Waals surface area contributed by atoms with Crippen LogP contribution in [0.5, 0.6) is 0 Å². The normalized spacial score (nSPS) is 21.6. The Bertz CT molecular complexity index is 535. The molecule has 1 heterocycles. The zero-order valence-corrected chi connectivity index (χ0v) is 12.4. The number of carbonyl (C=O) groups is 2. The van der Waals surface area contributed by atoms with E-state index in [1.807, 2.05) is 24.3 Å². The molecular formula is C14H18N2O3S. The van der Waals surface area contributed by atoms with Gasteiger partial charge in [-0.25, -0.2) is 0 Å². The van der Waals surface area contributed by atoms with E-state index in [2.05, 4.69) is 5.32 Å². The number of carbonyl (C=O) groups excluding carboxylic acids is 2. The Labute approximate surface area is 122 Å². The minimum Gasteiger partial charge on any atom is -0.396 e. The van der Waals surface area contributed by atoms with Crippen molar-refractivity contribution < 1.29 is 14.7 Å². The van der Waals surface area contributed by atoms with Gasteiger partial charge in [-0.2, -0.15) is 0 Å². The largest absolute Gasteiger partial charge is 0.396 e. The summed E-state index contributed by atoms with van der Waals surface area (Å²) in [5.74, 6) is -0.551. The van der Waals surface area contributed by atoms with Crippen LogP contribution in [0.1, 0.15) is 13.3 Å². The number of hydrogen-bond acceptors (Lipinski definition) is 4. The van der Waals surface area contributed by atoms with E-state index < -0.39 is 4.75 Å². The van der Waals surface area contributed by atoms with Crippen LogP contribution in [0.25, 0.3) is 0 Å². The van der Waals surface area contributed by atoms with Gasteiger partial charge in [0.05, 0.1) is 5.69 Å². The third-order valence-electron chi connectivity index (χ3n) is 3.31. The Balaban J connectivity index is 2.24. The molecule has 0 aromatic heterocycles. The minimum atomic E-state index is -1.17. The number of fused-ring (bicyclic) bond motifs is 1. The number of aliphatic hydroxyl groups excluding tert-OH is 1. The molecule has 0 spiro atoms. The average Bonchev–Trinajstić information content (AvgIpc) is 2.45. The van der Waals surface area contributed by atoms with Crippen molar-refractivity contribution in [2.45, 2.75) is 23.0 Å². The van der Waals surface area contributed by atoms with Crippen molar-refractivity contribution in [1.29, 1.82) is 0 Å². The molecule has 2 rings (SSSR count). The third-order valence-corrected chi connectivity index (χ3v) is 4.64. The lowest BCUT2D eigenvalue weighted by atomic mass is 10.1. The molecule has 0 saturated carbocycles. The molecule has 0 unspecified atom stereocenters. The van der Waals surface area contributed by atoms with Gasteiger partial charge in [-0.05, 0) is 25.5 Å². The van der Waals surface area contributed by atoms with E-state index in [9.17, 15) is 9.59 Å². The first kappa shape index (κ1) is 14.9. The number of para-hydroxylation sites is 1. The van der Waals surface area contributed by atoms with Gasteiger partial charge < -0.3 is 15.3 Å². The van der Waals surface area contributed by atoms with Crippen LogP contribution in [0.4, 0.5) is 5.69 Å². The number of hydrogen-bond donors (Lipinski definition) is 2. The summed E-state index contributed by atoms with van der Waals surface area (Å²) in [6.45, 7) is 2.02. The van der Waals surface area contributed by atoms with E-state index in [0.29, 0.717) is 13.0 Å². The van der Waals surface area contributed by atoms with Crippen LogP contribution in [-0.4, -0.2) is 41.9 Å². The number of nitrogens with zero attached hydrogens (tertiary/aromatic N) is 1. The molecule has 20 heavy (non-hydrogen) atoms. The number of amides is 2. The summed E-state index contributed by atoms with van der Waals surface area (Å²) in [7, 11) is 1.68. The smallest absolute Gasteiger partial charge is 0.252 e. The van der Waals surface area contributed by atoms with E-state index in [0.717, 1.165) is 10.6 Å². The maximum Gasteiger partial charge on any atom is 0.252 e. The molecular weight excluding hydrogens is 276 g/mol. The van der Waals surface area contributed by atoms with Gasteiger partial charge in [-0.1, -0.05) is 23.9 Å². The highest BCUT2D eigenvalue weighted by atomic mass is 32.2. The van der Waals surface area contributed by atoms with Gasteiger partial charge in [-0.15, -0.1) is 0 Å². The summed E-state index contributed by atoms with van der Waals surface area (Å²) in [5, 5.41) is 11.5. The SMILES string of the molecule is CN1C(=O)[C@](C)(C(=O)NCCCO)Sc2ccccc21. The van der Waals surface area contributed by atoms with E-state index in [-0.39, 0.29) is 18.4 Å². The fourth-order valence-electron chi connectivity index (χ4n) is 2.11. The van der Waals surface area contributed by atoms with Crippen molar-refractivity contribution in [2.75, 3.05) is 25.1 Å². The number of aliphatic hydroxyl groups is 1. The zero-order chi connectivity index (χ0) is 14.8. The highest BCUT2D eigenvalue weighted by Gasteiger charge is 2.47. The second kappa shape index (κ2) is 5.85. The van der Waals surface area contributed by atoms with Crippen molar-refractivity contribution >= 4 is 29.3 Å². The average molecular weight is 294 g/mol. The molecule has 1 aromatic rings. The van der Waals surface area contributed by atoms with Gasteiger partial charge in [0, 0.05) is 25.1 Å². The molecule has 2 amide bonds. The van der Waals surface area contributed by atoms with Crippen molar-refractivity contribution in [1.82, 2.24) is 5.32 Å². The van der Waals surface area contributed by atoms with Crippen LogP contribution in [0, 0.1) is 0 Å². The first-order valence-electron chi connectivity index (χ1n) is 6.46. The van der Waals surface area contributed by atoms with Crippen LogP contribution in [-0.2, 0) is 9.59 Å². The maximum atomic E-state index is 12.5. The predicted octanol–water partition coefficient (Wildman–Crippen LogP) is 1.01. The highest BCUT2D eigenvalue weighted by molar-refractivity contribution is 8.02. The molecule has 108 valence electrons. The van der Waals surface area contributed by atoms with E-state index >= 15 is 0 Å². The zero-order valence-electron chi connectivity index (χ0n) is 11.5. The molecule has 0 saturated heterocycles. The summed E-state index contributed by atoms with van der Waals surface area (Å²) in [5.41, 5.74) is 0.822. The Hall–Kier alpha value is -1.53. The lowest BCUT2D eigenvalue weighted by molar-refractivity contribution is -0.131. The Kier molecular flexibility index (Phi) is 4.35. The number of nitrogens with one attached hydrogen (secondary N) is 1. The van der Waals surface area contributed by atoms with Crippen LogP contribution < -0.4 is 10.2 Å². The highest BCUT2D eigenvalue weighted by Crippen LogP contribution is 2.44. The summed E-state index contributed by atoms with van der Waals surface area (Å²) in [6, 6.07) is 7.53. The number of rotatable bonds is 4. The Morgan fingerprint density at radius 2 is 2.15 bits per heavy atom. The number of thioether (sulfide) groups is 1. The van der Waals surface area contributed by atoms with Gasteiger partial charge in [0.2, 0.25) is 5.91 Å². The lowest BCUT2D eigenvalue weighted by Crippen LogP contribution is -2.55. The number of anilines is 1. The van der Waals surface area contributed by atoms with Crippen molar-refractivity contribution in [2.24, 2.45) is 0 Å². The van der Waals surface area contributed by atoms with Crippen LogP contribution in [0.3, 0.4) is 0 Å². The standard InChI is InChI=1S/C14H18N2O3S/c1-14(12(18)15-8-5-9-17)13(19)16(2)10-6-3-4-7-11(10)20-14/h3-4,6-7,17H,5,8-9H2,1-2H3,(H,15,18)/t14-/m0/s1. The first-order chi connectivity index (χ1) is 9.50. The maximum absolute atomic E-state index is 12.5. The van der Waals surface area contributed by atoms with E-state index in [1.54, 1.807) is 14.0 Å². The molecule has 2 N–H and O–H groups in total. The molecule has 5 nitrogen and oxygen atoms in total. The van der Waals surface area contributed by atoms with Crippen molar-refractivity contribution in [3.05, 3.63) is 24.3 Å². The minimum absolute atomic E-state index is 0.0147. The Morgan fingerprint density at radius 1 is 1.45 bits per heavy atom. The molecule has 0 bridgehead atoms. The van der Waals surface area contributed by atoms with Crippen LogP contribution in [0.15, 0.2) is 29.2 Å². The molecule has 0 aliphatic carbocycles. The topological polar surface area (TPSA) is 69.6 Å². The predicted molar refractivity (Wildman–Crippen MR) is 78.8 cm³/mol. The first-order valence-corrected chi connectivity index (χ1v) is 7.27. The van der Waals surface area contributed by atoms with E-state index in [4.69, 9.17) is 5.11 Å². The second-order valence-corrected chi connectivity index (χ2v) is 6.26. The van der Waals surface area contributed by atoms with E-state index in [1.165, 1.54) is 16.7 Å². The van der Waals surface area contributed by atoms with Crippen LogP contribution >= 0.6 is 11.8 Å². The molecule has 6 heteroatoms. The number of benzene rings is 1. The fourth-order valence-corrected chi connectivity index (χ4v) is 3.39. The quantitative estimate of drug-likeness (QED) is 0.642. The summed E-state index contributed by atoms with van der Waals surface area (Å²) >= 11 is 1.27. The molecule has 1 aliphatic rings. The molecule has 1 atom stereocenters. The lowest BCUT2D eigenvalue weighted by Gasteiger charge is -2.36. The van der Waals surface area contributed by atoms with Gasteiger partial charge in [-0.3, -0.25) is 9.59 Å². The molecule has 0 fully saturated rings.